The molecule has 0 bridgehead atoms. The van der Waals surface area contributed by atoms with E-state index >= 15 is 0 Å². The first kappa shape index (κ1) is 22.6. The van der Waals surface area contributed by atoms with Gasteiger partial charge in [-0.3, -0.25) is 4.79 Å². The second-order valence-corrected chi connectivity index (χ2v) is 8.68. The highest BCUT2D eigenvalue weighted by Gasteiger charge is 2.24. The lowest BCUT2D eigenvalue weighted by molar-refractivity contribution is 0.0722. The van der Waals surface area contributed by atoms with Crippen molar-refractivity contribution in [1.82, 2.24) is 24.1 Å². The van der Waals surface area contributed by atoms with Crippen molar-refractivity contribution in [1.29, 1.82) is 0 Å². The minimum Gasteiger partial charge on any atom is -0.349 e. The van der Waals surface area contributed by atoms with Gasteiger partial charge in [0.25, 0.3) is 5.91 Å². The number of benzene rings is 2. The molecule has 0 saturated carbocycles. The van der Waals surface area contributed by atoms with E-state index in [1.54, 1.807) is 4.68 Å². The van der Waals surface area contributed by atoms with Gasteiger partial charge in [0.05, 0.1) is 11.4 Å². The molecular weight excluding hydrogens is 410 g/mol. The summed E-state index contributed by atoms with van der Waals surface area (Å²) in [7, 11) is 6.03. The van der Waals surface area contributed by atoms with Gasteiger partial charge >= 0.3 is 0 Å². The molecule has 6 nitrogen and oxygen atoms in total. The van der Waals surface area contributed by atoms with Crippen molar-refractivity contribution in [3.63, 3.8) is 0 Å². The molecule has 0 spiro atoms. The number of rotatable bonds is 8. The average molecular weight is 442 g/mol. The molecule has 0 unspecified atom stereocenters. The molecule has 0 saturated heterocycles. The third-order valence-corrected chi connectivity index (χ3v) is 5.73. The lowest BCUT2D eigenvalue weighted by Crippen LogP contribution is -2.37. The van der Waals surface area contributed by atoms with Crippen molar-refractivity contribution in [2.45, 2.75) is 13.5 Å². The second kappa shape index (κ2) is 9.88. The molecule has 1 amide bonds. The lowest BCUT2D eigenvalue weighted by atomic mass is 10.2. The van der Waals surface area contributed by atoms with Gasteiger partial charge in [0.15, 0.2) is 0 Å². The van der Waals surface area contributed by atoms with Crippen LogP contribution in [0.25, 0.3) is 17.1 Å². The van der Waals surface area contributed by atoms with Crippen LogP contribution in [0.2, 0.25) is 0 Å². The first-order valence-electron chi connectivity index (χ1n) is 11.2. The summed E-state index contributed by atoms with van der Waals surface area (Å²) in [4.78, 5) is 17.9. The van der Waals surface area contributed by atoms with Crippen LogP contribution in [0.4, 0.5) is 0 Å². The monoisotopic (exact) mass is 441 g/mol. The quantitative estimate of drug-likeness (QED) is 0.407. The summed E-state index contributed by atoms with van der Waals surface area (Å²) in [5.41, 5.74) is 5.45. The van der Waals surface area contributed by atoms with Crippen LogP contribution < -0.4 is 0 Å². The third kappa shape index (κ3) is 5.23. The summed E-state index contributed by atoms with van der Waals surface area (Å²) in [6.07, 6.45) is 1.99. The molecule has 0 radical (unpaired) electrons. The van der Waals surface area contributed by atoms with E-state index < -0.39 is 0 Å². The van der Waals surface area contributed by atoms with Crippen LogP contribution in [-0.2, 0) is 13.6 Å². The van der Waals surface area contributed by atoms with Crippen LogP contribution in [-0.4, -0.2) is 57.2 Å². The van der Waals surface area contributed by atoms with Crippen molar-refractivity contribution in [2.24, 2.45) is 7.05 Å². The van der Waals surface area contributed by atoms with E-state index in [2.05, 4.69) is 24.0 Å². The number of nitrogens with zero attached hydrogens (tertiary/aromatic N) is 5. The number of hydrogen-bond acceptors (Lipinski definition) is 3. The maximum atomic E-state index is 13.9. The molecule has 4 aromatic rings. The van der Waals surface area contributed by atoms with Gasteiger partial charge in [-0.15, -0.1) is 0 Å². The molecule has 0 atom stereocenters. The van der Waals surface area contributed by atoms with Crippen molar-refractivity contribution in [2.75, 3.05) is 27.2 Å². The topological polar surface area (TPSA) is 46.3 Å². The molecular formula is C27H31N5O. The van der Waals surface area contributed by atoms with E-state index in [9.17, 15) is 4.79 Å². The zero-order valence-electron chi connectivity index (χ0n) is 19.8. The number of carbonyl (C=O) groups excluding carboxylic acids is 1. The molecule has 170 valence electrons. The maximum absolute atomic E-state index is 13.9. The van der Waals surface area contributed by atoms with E-state index in [0.717, 1.165) is 34.7 Å². The summed E-state index contributed by atoms with van der Waals surface area (Å²) >= 11 is 0. The van der Waals surface area contributed by atoms with Crippen LogP contribution in [0.3, 0.4) is 0 Å². The second-order valence-electron chi connectivity index (χ2n) is 8.68. The maximum Gasteiger partial charge on any atom is 0.272 e. The summed E-state index contributed by atoms with van der Waals surface area (Å²) in [6, 6.07) is 24.1. The van der Waals surface area contributed by atoms with Crippen LogP contribution in [0.5, 0.6) is 0 Å². The number of likely N-dealkylation sites (N-methyl/N-ethyl adjacent to an activating group) is 1. The summed E-state index contributed by atoms with van der Waals surface area (Å²) in [5, 5.41) is 4.86. The Morgan fingerprint density at radius 1 is 0.939 bits per heavy atom. The smallest absolute Gasteiger partial charge is 0.272 e. The molecule has 0 aliphatic heterocycles. The van der Waals surface area contributed by atoms with Gasteiger partial charge in [-0.1, -0.05) is 48.0 Å². The van der Waals surface area contributed by atoms with Crippen LogP contribution >= 0.6 is 0 Å². The van der Waals surface area contributed by atoms with E-state index in [1.807, 2.05) is 97.5 Å². The molecule has 2 heterocycles. The fraction of sp³-hybridized carbons (Fsp3) is 0.259. The Balaban J connectivity index is 1.76. The van der Waals surface area contributed by atoms with Gasteiger partial charge in [-0.25, -0.2) is 4.68 Å². The molecule has 0 fully saturated rings. The van der Waals surface area contributed by atoms with E-state index in [-0.39, 0.29) is 5.91 Å². The SMILES string of the molecule is Cc1ccc(-n2nc(-c3cccn3C)cc2C(=O)N(CCN(C)C)Cc2ccccc2)cc1. The molecule has 2 aromatic carbocycles. The normalized spacial score (nSPS) is 11.2. The first-order valence-corrected chi connectivity index (χ1v) is 11.2. The number of carbonyl (C=O) groups is 1. The van der Waals surface area contributed by atoms with Gasteiger partial charge in [0.2, 0.25) is 0 Å². The van der Waals surface area contributed by atoms with Crippen molar-refractivity contribution in [3.05, 3.63) is 95.8 Å². The Labute approximate surface area is 195 Å². The number of aryl methyl sites for hydroxylation is 2. The highest BCUT2D eigenvalue weighted by atomic mass is 16.2. The van der Waals surface area contributed by atoms with Gasteiger partial charge < -0.3 is 14.4 Å². The van der Waals surface area contributed by atoms with E-state index in [0.29, 0.717) is 18.8 Å². The summed E-state index contributed by atoms with van der Waals surface area (Å²) in [5.74, 6) is -0.0331. The minimum absolute atomic E-state index is 0.0331. The Kier molecular flexibility index (Phi) is 6.75. The van der Waals surface area contributed by atoms with Crippen LogP contribution in [0.15, 0.2) is 79.0 Å². The number of amides is 1. The fourth-order valence-corrected chi connectivity index (χ4v) is 3.81. The number of aromatic nitrogens is 3. The van der Waals surface area contributed by atoms with Gasteiger partial charge in [0, 0.05) is 32.9 Å². The van der Waals surface area contributed by atoms with Gasteiger partial charge in [-0.05, 0) is 56.9 Å². The number of hydrogen-bond donors (Lipinski definition) is 0. The molecule has 0 N–H and O–H groups in total. The van der Waals surface area contributed by atoms with Crippen molar-refractivity contribution >= 4 is 5.91 Å². The molecule has 0 aliphatic carbocycles. The van der Waals surface area contributed by atoms with E-state index in [1.165, 1.54) is 0 Å². The highest BCUT2D eigenvalue weighted by molar-refractivity contribution is 5.94. The fourth-order valence-electron chi connectivity index (χ4n) is 3.81. The molecule has 4 rings (SSSR count). The average Bonchev–Trinajstić information content (AvgIpc) is 3.43. The Morgan fingerprint density at radius 3 is 2.30 bits per heavy atom. The highest BCUT2D eigenvalue weighted by Crippen LogP contribution is 2.24. The zero-order chi connectivity index (χ0) is 23.4. The predicted molar refractivity (Wildman–Crippen MR) is 132 cm³/mol. The lowest BCUT2D eigenvalue weighted by Gasteiger charge is -2.25. The summed E-state index contributed by atoms with van der Waals surface area (Å²) < 4.78 is 3.79. The Hall–Kier alpha value is -3.64. The molecule has 6 heteroatoms. The molecule has 2 aromatic heterocycles. The van der Waals surface area contributed by atoms with Crippen LogP contribution in [0.1, 0.15) is 21.6 Å². The van der Waals surface area contributed by atoms with Gasteiger partial charge in [-0.2, -0.15) is 5.10 Å². The van der Waals surface area contributed by atoms with Crippen LogP contribution in [0, 0.1) is 6.92 Å². The molecule has 33 heavy (non-hydrogen) atoms. The standard InChI is InChI=1S/C27H31N5O/c1-21-12-14-23(15-13-21)32-26(19-24(28-32)25-11-8-16-30(25)4)27(33)31(18-17-29(2)3)20-22-9-6-5-7-10-22/h5-16,19H,17-18,20H2,1-4H3. The largest absolute Gasteiger partial charge is 0.349 e. The molecule has 0 aliphatic rings. The zero-order valence-corrected chi connectivity index (χ0v) is 19.8. The third-order valence-electron chi connectivity index (χ3n) is 5.73. The predicted octanol–water partition coefficient (Wildman–Crippen LogP) is 4.39. The Bertz CT molecular complexity index is 1210. The van der Waals surface area contributed by atoms with E-state index in [4.69, 9.17) is 5.10 Å². The Morgan fingerprint density at radius 2 is 1.67 bits per heavy atom. The van der Waals surface area contributed by atoms with Crippen molar-refractivity contribution < 1.29 is 4.79 Å². The van der Waals surface area contributed by atoms with Gasteiger partial charge in [0.1, 0.15) is 11.4 Å². The van der Waals surface area contributed by atoms with Crippen molar-refractivity contribution in [3.8, 4) is 17.1 Å². The summed E-state index contributed by atoms with van der Waals surface area (Å²) in [6.45, 7) is 4.00. The first-order chi connectivity index (χ1) is 15.9. The minimum atomic E-state index is -0.0331.